The van der Waals surface area contributed by atoms with Crippen molar-refractivity contribution in [3.05, 3.63) is 34.2 Å². The lowest BCUT2D eigenvalue weighted by atomic mass is 9.93. The molecule has 0 saturated carbocycles. The number of fused-ring (bicyclic) bond motifs is 1. The molecule has 0 spiro atoms. The lowest BCUT2D eigenvalue weighted by Crippen LogP contribution is -2.11. The van der Waals surface area contributed by atoms with Crippen LogP contribution in [0.25, 0.3) is 6.08 Å². The normalized spacial score (nSPS) is 14.8. The second-order valence-electron chi connectivity index (χ2n) is 5.07. The summed E-state index contributed by atoms with van der Waals surface area (Å²) < 4.78 is 4.94. The van der Waals surface area contributed by atoms with Crippen molar-refractivity contribution in [2.45, 2.75) is 25.7 Å². The fourth-order valence-electron chi connectivity index (χ4n) is 2.48. The molecular weight excluding hydrogens is 286 g/mol. The third kappa shape index (κ3) is 3.49. The van der Waals surface area contributed by atoms with Gasteiger partial charge in [0.15, 0.2) is 5.05 Å². The Hall–Kier alpha value is -1.13. The van der Waals surface area contributed by atoms with Crippen molar-refractivity contribution in [2.24, 2.45) is 0 Å². The smallest absolute Gasteiger partial charge is 0.183 e. The highest BCUT2D eigenvalue weighted by molar-refractivity contribution is 7.80. The predicted octanol–water partition coefficient (Wildman–Crippen LogP) is 4.24. The average Bonchev–Trinajstić information content (AvgIpc) is 2.82. The minimum absolute atomic E-state index is 0.511. The van der Waals surface area contributed by atoms with Gasteiger partial charge in [-0.1, -0.05) is 12.2 Å². The van der Waals surface area contributed by atoms with E-state index in [1.165, 1.54) is 35.6 Å². The molecule has 2 nitrogen and oxygen atoms in total. The van der Waals surface area contributed by atoms with Crippen LogP contribution in [0.1, 0.15) is 28.8 Å². The molecule has 0 amide bonds. The summed E-state index contributed by atoms with van der Waals surface area (Å²) in [6, 6.07) is 0. The molecule has 20 heavy (non-hydrogen) atoms. The molecule has 1 aliphatic carbocycles. The zero-order valence-corrected chi connectivity index (χ0v) is 13.9. The van der Waals surface area contributed by atoms with E-state index >= 15 is 0 Å². The van der Waals surface area contributed by atoms with E-state index in [1.54, 1.807) is 24.3 Å². The molecule has 1 aromatic heterocycles. The van der Waals surface area contributed by atoms with E-state index in [9.17, 15) is 0 Å². The molecular formula is C16H21NOS2. The van der Waals surface area contributed by atoms with Gasteiger partial charge >= 0.3 is 0 Å². The van der Waals surface area contributed by atoms with Gasteiger partial charge in [0.05, 0.1) is 12.1 Å². The first-order valence-electron chi connectivity index (χ1n) is 6.88. The monoisotopic (exact) mass is 307 g/mol. The van der Waals surface area contributed by atoms with Crippen molar-refractivity contribution in [1.29, 1.82) is 0 Å². The minimum Gasteiger partial charge on any atom is -0.487 e. The lowest BCUT2D eigenvalue weighted by Gasteiger charge is -2.17. The SMILES string of the molecule is COC(=S)/C=C/C=C/c1sc(N(C)C)c2c1CCCC2. The Labute approximate surface area is 130 Å². The van der Waals surface area contributed by atoms with Crippen molar-refractivity contribution < 1.29 is 4.74 Å². The van der Waals surface area contributed by atoms with Crippen molar-refractivity contribution >= 4 is 39.7 Å². The molecule has 4 heteroatoms. The first kappa shape index (κ1) is 15.3. The van der Waals surface area contributed by atoms with Gasteiger partial charge in [-0.2, -0.15) is 0 Å². The molecule has 0 bridgehead atoms. The van der Waals surface area contributed by atoms with Crippen LogP contribution in [0.4, 0.5) is 5.00 Å². The van der Waals surface area contributed by atoms with Gasteiger partial charge < -0.3 is 9.64 Å². The molecule has 2 rings (SSSR count). The van der Waals surface area contributed by atoms with Gasteiger partial charge in [0.1, 0.15) is 0 Å². The Morgan fingerprint density at radius 3 is 2.55 bits per heavy atom. The number of allylic oxidation sites excluding steroid dienone is 2. The standard InChI is InChI=1S/C16H21NOS2/c1-17(2)16-13-9-5-4-8-12(13)14(20-16)10-6-7-11-15(19)18-3/h6-7,10-11H,4-5,8-9H2,1-3H3/b10-6+,11-7+. The summed E-state index contributed by atoms with van der Waals surface area (Å²) >= 11 is 6.86. The second-order valence-corrected chi connectivity index (χ2v) is 6.50. The molecule has 0 aromatic carbocycles. The maximum atomic E-state index is 4.97. The van der Waals surface area contributed by atoms with Gasteiger partial charge in [0.2, 0.25) is 0 Å². The van der Waals surface area contributed by atoms with E-state index in [1.807, 2.05) is 23.5 Å². The number of nitrogens with zero attached hydrogens (tertiary/aromatic N) is 1. The highest BCUT2D eigenvalue weighted by Crippen LogP contribution is 2.40. The minimum atomic E-state index is 0.511. The van der Waals surface area contributed by atoms with Gasteiger partial charge in [0, 0.05) is 19.0 Å². The first-order chi connectivity index (χ1) is 9.63. The molecule has 0 saturated heterocycles. The molecule has 1 heterocycles. The Balaban J connectivity index is 2.22. The van der Waals surface area contributed by atoms with Gasteiger partial charge in [-0.05, 0) is 61.2 Å². The fraction of sp³-hybridized carbons (Fsp3) is 0.438. The fourth-order valence-corrected chi connectivity index (χ4v) is 3.79. The molecule has 0 radical (unpaired) electrons. The Morgan fingerprint density at radius 1 is 1.20 bits per heavy atom. The zero-order chi connectivity index (χ0) is 14.5. The van der Waals surface area contributed by atoms with Gasteiger partial charge in [0.25, 0.3) is 0 Å². The molecule has 1 aliphatic rings. The van der Waals surface area contributed by atoms with Crippen LogP contribution >= 0.6 is 23.6 Å². The van der Waals surface area contributed by atoms with Crippen LogP contribution in [0, 0.1) is 0 Å². The number of hydrogen-bond acceptors (Lipinski definition) is 4. The quantitative estimate of drug-likeness (QED) is 0.469. The summed E-state index contributed by atoms with van der Waals surface area (Å²) in [5.74, 6) is 0. The molecule has 1 aromatic rings. The summed E-state index contributed by atoms with van der Waals surface area (Å²) in [6.07, 6.45) is 13.0. The second kappa shape index (κ2) is 7.04. The molecule has 108 valence electrons. The predicted molar refractivity (Wildman–Crippen MR) is 93.1 cm³/mol. The van der Waals surface area contributed by atoms with Gasteiger partial charge in [-0.3, -0.25) is 0 Å². The number of anilines is 1. The van der Waals surface area contributed by atoms with E-state index in [-0.39, 0.29) is 0 Å². The topological polar surface area (TPSA) is 12.5 Å². The van der Waals surface area contributed by atoms with E-state index < -0.39 is 0 Å². The van der Waals surface area contributed by atoms with E-state index in [4.69, 9.17) is 17.0 Å². The number of ether oxygens (including phenoxy) is 1. The van der Waals surface area contributed by atoms with Crippen LogP contribution in [0.2, 0.25) is 0 Å². The van der Waals surface area contributed by atoms with Gasteiger partial charge in [-0.15, -0.1) is 11.3 Å². The molecule has 0 aliphatic heterocycles. The number of methoxy groups -OCH3 is 1. The largest absolute Gasteiger partial charge is 0.487 e. The van der Waals surface area contributed by atoms with Crippen molar-refractivity contribution in [3.63, 3.8) is 0 Å². The molecule has 0 atom stereocenters. The van der Waals surface area contributed by atoms with E-state index in [0.717, 1.165) is 0 Å². The Morgan fingerprint density at radius 2 is 1.90 bits per heavy atom. The third-order valence-electron chi connectivity index (χ3n) is 3.43. The number of rotatable bonds is 4. The van der Waals surface area contributed by atoms with E-state index in [0.29, 0.717) is 5.05 Å². The zero-order valence-electron chi connectivity index (χ0n) is 12.3. The third-order valence-corrected chi connectivity index (χ3v) is 5.14. The maximum absolute atomic E-state index is 4.97. The van der Waals surface area contributed by atoms with Crippen LogP contribution in [-0.2, 0) is 17.6 Å². The summed E-state index contributed by atoms with van der Waals surface area (Å²) in [4.78, 5) is 3.62. The summed E-state index contributed by atoms with van der Waals surface area (Å²) in [5.41, 5.74) is 3.10. The van der Waals surface area contributed by atoms with Crippen LogP contribution in [0.15, 0.2) is 18.2 Å². The highest BCUT2D eigenvalue weighted by atomic mass is 32.1. The average molecular weight is 307 g/mol. The molecule has 0 unspecified atom stereocenters. The summed E-state index contributed by atoms with van der Waals surface area (Å²) in [5, 5.41) is 1.92. The maximum Gasteiger partial charge on any atom is 0.183 e. The number of thiophene rings is 1. The van der Waals surface area contributed by atoms with Crippen LogP contribution in [0.3, 0.4) is 0 Å². The summed E-state index contributed by atoms with van der Waals surface area (Å²) in [7, 11) is 5.85. The van der Waals surface area contributed by atoms with Crippen molar-refractivity contribution in [1.82, 2.24) is 0 Å². The summed E-state index contributed by atoms with van der Waals surface area (Å²) in [6.45, 7) is 0. The highest BCUT2D eigenvalue weighted by Gasteiger charge is 2.20. The Bertz CT molecular complexity index is 541. The van der Waals surface area contributed by atoms with Crippen LogP contribution in [-0.4, -0.2) is 26.3 Å². The number of hydrogen-bond donors (Lipinski definition) is 0. The van der Waals surface area contributed by atoms with Gasteiger partial charge in [-0.25, -0.2) is 0 Å². The van der Waals surface area contributed by atoms with E-state index in [2.05, 4.69) is 25.1 Å². The Kier molecular flexibility index (Phi) is 5.38. The van der Waals surface area contributed by atoms with Crippen molar-refractivity contribution in [3.8, 4) is 0 Å². The first-order valence-corrected chi connectivity index (χ1v) is 8.10. The lowest BCUT2D eigenvalue weighted by molar-refractivity contribution is 0.418. The molecule has 0 N–H and O–H groups in total. The number of thiocarbonyl (C=S) groups is 1. The van der Waals surface area contributed by atoms with Crippen molar-refractivity contribution in [2.75, 3.05) is 26.1 Å². The van der Waals surface area contributed by atoms with Crippen LogP contribution < -0.4 is 4.90 Å². The van der Waals surface area contributed by atoms with Crippen LogP contribution in [0.5, 0.6) is 0 Å². The molecule has 0 fully saturated rings.